The molecule has 0 aromatic carbocycles. The van der Waals surface area contributed by atoms with E-state index in [1.807, 2.05) is 5.38 Å². The maximum Gasteiger partial charge on any atom is 1.00 e. The summed E-state index contributed by atoms with van der Waals surface area (Å²) in [5.41, 5.74) is -0.0958. The van der Waals surface area contributed by atoms with Crippen LogP contribution in [0.2, 0.25) is 0 Å². The molecule has 3 heterocycles. The van der Waals surface area contributed by atoms with Gasteiger partial charge in [-0.2, -0.15) is 0 Å². The number of β-lactam (4-membered cyclic amide) rings is 1. The van der Waals surface area contributed by atoms with Crippen LogP contribution in [0.15, 0.2) is 28.1 Å². The number of aliphatic carboxylic acids is 1. The number of aliphatic hydroxyl groups excluding tert-OH is 1. The van der Waals surface area contributed by atoms with E-state index < -0.39 is 18.0 Å². The van der Waals surface area contributed by atoms with Gasteiger partial charge in [-0.1, -0.05) is 6.07 Å². The molecule has 2 amide bonds. The second-order valence-corrected chi connectivity index (χ2v) is 8.02. The average Bonchev–Trinajstić information content (AvgIpc) is 3.17. The maximum atomic E-state index is 12.1. The Labute approximate surface area is 181 Å². The molecule has 0 bridgehead atoms. The Bertz CT molecular complexity index is 735. The predicted octanol–water partition coefficient (Wildman–Crippen LogP) is -3.21. The molecule has 2 aliphatic heterocycles. The number of hydrogen-bond acceptors (Lipinski definition) is 7. The molecule has 0 radical (unpaired) electrons. The predicted molar refractivity (Wildman–Crippen MR) is 91.6 cm³/mol. The number of aliphatic hydroxyl groups is 1. The molecule has 0 saturated carbocycles. The summed E-state index contributed by atoms with van der Waals surface area (Å²) >= 11 is 2.64. The number of carboxylic acid groups (broad SMARTS) is 1. The molecule has 1 fully saturated rings. The Morgan fingerprint density at radius 2 is 2.27 bits per heavy atom. The molecule has 3 atom stereocenters. The minimum absolute atomic E-state index is 0. The first-order chi connectivity index (χ1) is 11.9. The van der Waals surface area contributed by atoms with Gasteiger partial charge in [0.1, 0.15) is 0 Å². The molecule has 7 nitrogen and oxygen atoms in total. The van der Waals surface area contributed by atoms with E-state index in [0.29, 0.717) is 28.5 Å². The van der Waals surface area contributed by atoms with E-state index in [-0.39, 0.29) is 53.1 Å². The van der Waals surface area contributed by atoms with E-state index >= 15 is 0 Å². The van der Waals surface area contributed by atoms with Gasteiger partial charge in [0.25, 0.3) is 5.91 Å². The minimum Gasteiger partial charge on any atom is -0.543 e. The number of carbonyl (C=O) groups excluding carboxylic acids is 3. The number of fused-ring (bicyclic) bond motifs is 1. The molecular formula is C16H17N2NaO5S2. The zero-order valence-corrected chi connectivity index (χ0v) is 18.1. The van der Waals surface area contributed by atoms with Gasteiger partial charge in [-0.25, -0.2) is 0 Å². The largest absolute Gasteiger partial charge is 1.00 e. The van der Waals surface area contributed by atoms with Gasteiger partial charge in [-0.05, 0) is 18.4 Å². The van der Waals surface area contributed by atoms with Crippen molar-refractivity contribution in [2.75, 3.05) is 12.3 Å². The normalized spacial score (nSPS) is 22.4. The van der Waals surface area contributed by atoms with Crippen molar-refractivity contribution in [3.8, 4) is 0 Å². The average molecular weight is 404 g/mol. The molecule has 1 saturated heterocycles. The first kappa shape index (κ1) is 21.5. The fourth-order valence-corrected chi connectivity index (χ4v) is 4.88. The third-order valence-corrected chi connectivity index (χ3v) is 6.28. The molecule has 0 unspecified atom stereocenters. The number of amides is 2. The number of carbonyl (C=O) groups is 3. The molecule has 2 aliphatic rings. The van der Waals surface area contributed by atoms with Crippen LogP contribution in [0.1, 0.15) is 23.0 Å². The van der Waals surface area contributed by atoms with Crippen LogP contribution in [0.25, 0.3) is 0 Å². The van der Waals surface area contributed by atoms with E-state index in [9.17, 15) is 24.6 Å². The maximum absolute atomic E-state index is 12.1. The van der Waals surface area contributed by atoms with Crippen LogP contribution in [0, 0.1) is 5.92 Å². The molecule has 2 N–H and O–H groups in total. The third-order valence-electron chi connectivity index (χ3n) is 4.29. The summed E-state index contributed by atoms with van der Waals surface area (Å²) in [4.78, 5) is 37.7. The van der Waals surface area contributed by atoms with E-state index in [2.05, 4.69) is 5.32 Å². The van der Waals surface area contributed by atoms with Crippen molar-refractivity contribution < 1.29 is 54.2 Å². The summed E-state index contributed by atoms with van der Waals surface area (Å²) < 4.78 is 0. The van der Waals surface area contributed by atoms with Crippen molar-refractivity contribution in [1.29, 1.82) is 0 Å². The summed E-state index contributed by atoms with van der Waals surface area (Å²) in [6.45, 7) is 1.91. The summed E-state index contributed by atoms with van der Waals surface area (Å²) in [7, 11) is 0. The Morgan fingerprint density at radius 3 is 2.85 bits per heavy atom. The second kappa shape index (κ2) is 8.90. The van der Waals surface area contributed by atoms with Crippen molar-refractivity contribution in [2.24, 2.45) is 5.92 Å². The molecule has 0 spiro atoms. The first-order valence-electron chi connectivity index (χ1n) is 7.82. The van der Waals surface area contributed by atoms with Crippen LogP contribution in [-0.2, 0) is 9.59 Å². The summed E-state index contributed by atoms with van der Waals surface area (Å²) in [5, 5.41) is 25.7. The molecule has 3 rings (SSSR count). The first-order valence-corrected chi connectivity index (χ1v) is 9.68. The van der Waals surface area contributed by atoms with Crippen molar-refractivity contribution in [3.05, 3.63) is 33.0 Å². The Hall–Kier alpha value is -0.840. The Kier molecular flexibility index (Phi) is 7.35. The molecule has 1 aromatic heterocycles. The zero-order chi connectivity index (χ0) is 18.1. The molecule has 10 heteroatoms. The van der Waals surface area contributed by atoms with Crippen LogP contribution in [-0.4, -0.2) is 52.2 Å². The van der Waals surface area contributed by atoms with E-state index in [0.717, 1.165) is 0 Å². The number of nitrogens with one attached hydrogen (secondary N) is 1. The van der Waals surface area contributed by atoms with Gasteiger partial charge < -0.3 is 25.2 Å². The van der Waals surface area contributed by atoms with Gasteiger partial charge in [-0.3, -0.25) is 9.59 Å². The van der Waals surface area contributed by atoms with Gasteiger partial charge in [0.15, 0.2) is 0 Å². The van der Waals surface area contributed by atoms with E-state index in [1.165, 1.54) is 34.9 Å². The quantitative estimate of drug-likeness (QED) is 0.281. The van der Waals surface area contributed by atoms with Crippen LogP contribution in [0.5, 0.6) is 0 Å². The number of thioether (sulfide) groups is 1. The van der Waals surface area contributed by atoms with Crippen LogP contribution in [0.3, 0.4) is 0 Å². The van der Waals surface area contributed by atoms with Gasteiger partial charge in [0.05, 0.1) is 34.6 Å². The second-order valence-electron chi connectivity index (χ2n) is 5.89. The van der Waals surface area contributed by atoms with Crippen molar-refractivity contribution in [1.82, 2.24) is 10.2 Å². The standard InChI is InChI=1S/C16H18N2O5S2.Na/c1-8(19)12-9-7-11(13(16(22)23)18(9)15(12)21)25-6-4-17-14(20)10-3-2-5-24-10;/h2-3,5,8-9,12,19H,4,6-7H2,1H3,(H,17,20)(H,22,23);/q;+1/p-1/t8-,9+,12-;/m0./s1. The fourth-order valence-electron chi connectivity index (χ4n) is 3.18. The van der Waals surface area contributed by atoms with E-state index in [1.54, 1.807) is 12.1 Å². The summed E-state index contributed by atoms with van der Waals surface area (Å²) in [5.74, 6) is -2.00. The third kappa shape index (κ3) is 4.02. The number of carboxylic acids is 1. The van der Waals surface area contributed by atoms with E-state index in [4.69, 9.17) is 0 Å². The summed E-state index contributed by atoms with van der Waals surface area (Å²) in [6, 6.07) is 3.21. The van der Waals surface area contributed by atoms with Crippen LogP contribution < -0.4 is 40.0 Å². The van der Waals surface area contributed by atoms with Gasteiger partial charge in [0.2, 0.25) is 5.91 Å². The Morgan fingerprint density at radius 1 is 1.54 bits per heavy atom. The van der Waals surface area contributed by atoms with Crippen molar-refractivity contribution >= 4 is 40.9 Å². The zero-order valence-electron chi connectivity index (χ0n) is 14.4. The van der Waals surface area contributed by atoms with Gasteiger partial charge in [-0.15, -0.1) is 23.1 Å². The molecule has 134 valence electrons. The number of rotatable bonds is 7. The SMILES string of the molecule is C[C@H](O)[C@@H]1C(=O)N2C(C(=O)[O-])=C(SCCNC(=O)c3cccs3)C[C@H]12.[Na+]. The minimum atomic E-state index is -1.38. The molecule has 0 aliphatic carbocycles. The molecule has 26 heavy (non-hydrogen) atoms. The van der Waals surface area contributed by atoms with Crippen LogP contribution >= 0.6 is 23.1 Å². The van der Waals surface area contributed by atoms with Crippen LogP contribution in [0.4, 0.5) is 0 Å². The van der Waals surface area contributed by atoms with Crippen molar-refractivity contribution in [2.45, 2.75) is 25.5 Å². The van der Waals surface area contributed by atoms with Gasteiger partial charge >= 0.3 is 29.6 Å². The number of nitrogens with zero attached hydrogens (tertiary/aromatic N) is 1. The fraction of sp³-hybridized carbons (Fsp3) is 0.438. The molecule has 1 aromatic rings. The topological polar surface area (TPSA) is 110 Å². The monoisotopic (exact) mass is 404 g/mol. The number of thiophene rings is 1. The van der Waals surface area contributed by atoms with Crippen molar-refractivity contribution in [3.63, 3.8) is 0 Å². The van der Waals surface area contributed by atoms with Gasteiger partial charge in [0, 0.05) is 23.6 Å². The smallest absolute Gasteiger partial charge is 0.543 e. The summed E-state index contributed by atoms with van der Waals surface area (Å²) in [6.07, 6.45) is -0.417. The number of hydrogen-bond donors (Lipinski definition) is 2. The Balaban J connectivity index is 0.00000243. The molecular weight excluding hydrogens is 387 g/mol.